The Morgan fingerprint density at radius 3 is 2.39 bits per heavy atom. The van der Waals surface area contributed by atoms with Crippen molar-refractivity contribution in [1.82, 2.24) is 14.9 Å². The molecule has 0 spiro atoms. The number of aromatic nitrogens is 2. The van der Waals surface area contributed by atoms with Gasteiger partial charge in [0.25, 0.3) is 5.56 Å². The number of benzene rings is 1. The molecule has 2 heterocycles. The van der Waals surface area contributed by atoms with Gasteiger partial charge in [0, 0.05) is 33.7 Å². The zero-order chi connectivity index (χ0) is 23.6. The van der Waals surface area contributed by atoms with Crippen molar-refractivity contribution >= 4 is 11.5 Å². The van der Waals surface area contributed by atoms with Gasteiger partial charge in [-0.25, -0.2) is 4.79 Å². The molecule has 1 aliphatic heterocycles. The quantitative estimate of drug-likeness (QED) is 0.378. The molecular weight excluding hydrogens is 418 g/mol. The van der Waals surface area contributed by atoms with E-state index in [0.717, 1.165) is 51.0 Å². The lowest BCUT2D eigenvalue weighted by Crippen LogP contribution is -2.32. The normalized spacial score (nSPS) is 14.0. The number of hydrogen-bond donors (Lipinski definition) is 3. The first kappa shape index (κ1) is 25.1. The van der Waals surface area contributed by atoms with Gasteiger partial charge < -0.3 is 20.2 Å². The van der Waals surface area contributed by atoms with E-state index in [4.69, 9.17) is 0 Å². The molecule has 2 aromatic rings. The van der Waals surface area contributed by atoms with Crippen LogP contribution in [0.25, 0.3) is 0 Å². The van der Waals surface area contributed by atoms with E-state index < -0.39 is 0 Å². The molecule has 8 heteroatoms. The summed E-state index contributed by atoms with van der Waals surface area (Å²) in [5.74, 6) is 0.725. The molecule has 33 heavy (non-hydrogen) atoms. The maximum absolute atomic E-state index is 12.1. The summed E-state index contributed by atoms with van der Waals surface area (Å²) in [5, 5.41) is 13.5. The van der Waals surface area contributed by atoms with Crippen molar-refractivity contribution in [3.05, 3.63) is 56.7 Å². The van der Waals surface area contributed by atoms with Gasteiger partial charge in [0.15, 0.2) is 0 Å². The second-order valence-corrected chi connectivity index (χ2v) is 9.13. The molecule has 1 aliphatic rings. The molecule has 3 rings (SSSR count). The van der Waals surface area contributed by atoms with Crippen molar-refractivity contribution in [2.45, 2.75) is 64.0 Å². The fourth-order valence-electron chi connectivity index (χ4n) is 4.52. The number of rotatable bonds is 14. The summed E-state index contributed by atoms with van der Waals surface area (Å²) in [4.78, 5) is 30.5. The lowest BCUT2D eigenvalue weighted by molar-refractivity contribution is 0.157. The van der Waals surface area contributed by atoms with Crippen LogP contribution in [-0.4, -0.2) is 47.6 Å². The smallest absolute Gasteiger partial charge is 0.329 e. The van der Waals surface area contributed by atoms with E-state index in [-0.39, 0.29) is 17.4 Å². The van der Waals surface area contributed by atoms with Crippen LogP contribution in [0.3, 0.4) is 0 Å². The van der Waals surface area contributed by atoms with Gasteiger partial charge in [-0.2, -0.15) is 0 Å². The molecule has 1 unspecified atom stereocenters. The van der Waals surface area contributed by atoms with E-state index in [9.17, 15) is 14.7 Å². The van der Waals surface area contributed by atoms with Gasteiger partial charge in [0.1, 0.15) is 11.5 Å². The van der Waals surface area contributed by atoms with Crippen LogP contribution in [0.5, 0.6) is 0 Å². The largest absolute Gasteiger partial charge is 0.392 e. The first-order valence-corrected chi connectivity index (χ1v) is 12.2. The van der Waals surface area contributed by atoms with Gasteiger partial charge in [-0.05, 0) is 18.4 Å². The molecular formula is C25H39N5O3. The third-order valence-electron chi connectivity index (χ3n) is 6.35. The van der Waals surface area contributed by atoms with Gasteiger partial charge in [-0.3, -0.25) is 14.3 Å². The zero-order valence-electron chi connectivity index (χ0n) is 20.1. The second kappa shape index (κ2) is 12.6. The number of aromatic amines is 1. The van der Waals surface area contributed by atoms with Crippen LogP contribution in [0.2, 0.25) is 0 Å². The predicted molar refractivity (Wildman–Crippen MR) is 134 cm³/mol. The minimum atomic E-state index is -0.365. The molecule has 0 bridgehead atoms. The Kier molecular flexibility index (Phi) is 9.57. The van der Waals surface area contributed by atoms with Gasteiger partial charge in [-0.1, -0.05) is 68.9 Å². The Morgan fingerprint density at radius 1 is 1.00 bits per heavy atom. The Labute approximate surface area is 196 Å². The van der Waals surface area contributed by atoms with Crippen LogP contribution in [0.15, 0.2) is 39.9 Å². The number of nitrogens with zero attached hydrogens (tertiary/aromatic N) is 3. The minimum absolute atomic E-state index is 0.279. The number of hydrogen-bond acceptors (Lipinski definition) is 6. The van der Waals surface area contributed by atoms with Crippen molar-refractivity contribution < 1.29 is 5.11 Å². The molecule has 1 atom stereocenters. The van der Waals surface area contributed by atoms with Gasteiger partial charge in [-0.15, -0.1) is 0 Å². The van der Waals surface area contributed by atoms with Crippen molar-refractivity contribution in [1.29, 1.82) is 0 Å². The maximum Gasteiger partial charge on any atom is 0.329 e. The van der Waals surface area contributed by atoms with E-state index in [1.165, 1.54) is 29.4 Å². The second-order valence-electron chi connectivity index (χ2n) is 9.13. The number of fused-ring (bicyclic) bond motifs is 1. The molecule has 3 N–H and O–H groups in total. The summed E-state index contributed by atoms with van der Waals surface area (Å²) in [6, 6.07) is 10.3. The van der Waals surface area contributed by atoms with E-state index in [2.05, 4.69) is 27.3 Å². The first-order chi connectivity index (χ1) is 16.0. The molecule has 8 nitrogen and oxygen atoms in total. The van der Waals surface area contributed by atoms with Crippen LogP contribution in [0.4, 0.5) is 11.5 Å². The predicted octanol–water partition coefficient (Wildman–Crippen LogP) is 2.56. The van der Waals surface area contributed by atoms with Gasteiger partial charge >= 0.3 is 5.69 Å². The molecule has 0 amide bonds. The lowest BCUT2D eigenvalue weighted by Gasteiger charge is -2.20. The number of nitrogens with one attached hydrogen (secondary N) is 2. The highest BCUT2D eigenvalue weighted by Crippen LogP contribution is 2.29. The molecule has 0 radical (unpaired) electrons. The van der Waals surface area contributed by atoms with Gasteiger partial charge in [0.05, 0.1) is 12.8 Å². The fraction of sp³-hybridized carbons (Fsp3) is 0.600. The Hall–Kier alpha value is -2.58. The van der Waals surface area contributed by atoms with Crippen molar-refractivity contribution in [3.8, 4) is 0 Å². The third kappa shape index (κ3) is 7.20. The number of aliphatic hydroxyl groups is 1. The number of aliphatic hydroxyl groups excluding tert-OH is 1. The summed E-state index contributed by atoms with van der Waals surface area (Å²) in [7, 11) is 3.59. The lowest BCUT2D eigenvalue weighted by atomic mass is 10.1. The molecule has 1 aromatic heterocycles. The van der Waals surface area contributed by atoms with Crippen LogP contribution >= 0.6 is 0 Å². The highest BCUT2D eigenvalue weighted by atomic mass is 16.3. The van der Waals surface area contributed by atoms with Crippen molar-refractivity contribution in [2.24, 2.45) is 7.05 Å². The van der Waals surface area contributed by atoms with E-state index in [1.54, 1.807) is 7.05 Å². The summed E-state index contributed by atoms with van der Waals surface area (Å²) in [5.41, 5.74) is 1.14. The Bertz CT molecular complexity index is 972. The van der Waals surface area contributed by atoms with Crippen LogP contribution in [0.1, 0.15) is 56.9 Å². The summed E-state index contributed by atoms with van der Waals surface area (Å²) in [6.45, 7) is 2.92. The highest BCUT2D eigenvalue weighted by Gasteiger charge is 2.28. The molecule has 0 fully saturated rings. The number of anilines is 2. The minimum Gasteiger partial charge on any atom is -0.392 e. The summed E-state index contributed by atoms with van der Waals surface area (Å²) >= 11 is 0. The standard InChI is InChI=1S/C25H39N5O3/c1-28-19-30(24-22(28)23(32)27-25(33)29(24)2)16-12-7-5-3-4-6-11-15-21(31)18-26-17-20-13-9-8-10-14-20/h8-10,13-14,21,26,31H,3-7,11-12,15-19H2,1-2H3,(H,27,32,33). The first-order valence-electron chi connectivity index (χ1n) is 12.2. The average molecular weight is 458 g/mol. The van der Waals surface area contributed by atoms with Crippen LogP contribution < -0.4 is 26.4 Å². The van der Waals surface area contributed by atoms with E-state index >= 15 is 0 Å². The highest BCUT2D eigenvalue weighted by molar-refractivity contribution is 5.71. The van der Waals surface area contributed by atoms with Crippen LogP contribution in [-0.2, 0) is 13.6 Å². The third-order valence-corrected chi connectivity index (χ3v) is 6.35. The molecule has 0 aliphatic carbocycles. The monoisotopic (exact) mass is 457 g/mol. The van der Waals surface area contributed by atoms with Gasteiger partial charge in [0.2, 0.25) is 0 Å². The maximum atomic E-state index is 12.1. The van der Waals surface area contributed by atoms with Crippen molar-refractivity contribution in [2.75, 3.05) is 36.6 Å². The summed E-state index contributed by atoms with van der Waals surface area (Å²) < 4.78 is 1.53. The topological polar surface area (TPSA) is 93.6 Å². The number of H-pyrrole nitrogens is 1. The van der Waals surface area contributed by atoms with E-state index in [1.807, 2.05) is 30.1 Å². The SMILES string of the molecule is CN1CN(CCCCCCCCCC(O)CNCc2ccccc2)c2c1c(=O)[nH]c(=O)n2C. The zero-order valence-corrected chi connectivity index (χ0v) is 20.1. The Balaban J connectivity index is 1.22. The average Bonchev–Trinajstić information content (AvgIpc) is 3.13. The summed E-state index contributed by atoms with van der Waals surface area (Å²) in [6.07, 6.45) is 8.56. The molecule has 0 saturated heterocycles. The van der Waals surface area contributed by atoms with Crippen molar-refractivity contribution in [3.63, 3.8) is 0 Å². The molecule has 1 aromatic carbocycles. The Morgan fingerprint density at radius 2 is 1.67 bits per heavy atom. The molecule has 0 saturated carbocycles. The molecule has 182 valence electrons. The fourth-order valence-corrected chi connectivity index (χ4v) is 4.52. The van der Waals surface area contributed by atoms with Crippen LogP contribution in [0, 0.1) is 0 Å². The van der Waals surface area contributed by atoms with E-state index in [0.29, 0.717) is 18.9 Å². The number of unbranched alkanes of at least 4 members (excludes halogenated alkanes) is 6.